The van der Waals surface area contributed by atoms with Crippen LogP contribution in [0.15, 0.2) is 27.6 Å². The van der Waals surface area contributed by atoms with Gasteiger partial charge in [0.15, 0.2) is 0 Å². The molecule has 0 radical (unpaired) electrons. The Morgan fingerprint density at radius 1 is 1.57 bits per heavy atom. The zero-order valence-electron chi connectivity index (χ0n) is 8.04. The highest BCUT2D eigenvalue weighted by Crippen LogP contribution is 2.09. The summed E-state index contributed by atoms with van der Waals surface area (Å²) in [5, 5.41) is 0.933. The van der Waals surface area contributed by atoms with Crippen molar-refractivity contribution in [3.05, 3.63) is 33.2 Å². The average molecular weight is 323 g/mol. The summed E-state index contributed by atoms with van der Waals surface area (Å²) < 4.78 is 2.38. The molecule has 0 bridgehead atoms. The van der Waals surface area contributed by atoms with E-state index in [1.165, 1.54) is 0 Å². The Bertz CT molecular complexity index is 344. The predicted molar refractivity (Wildman–Crippen MR) is 66.0 cm³/mol. The van der Waals surface area contributed by atoms with Crippen molar-refractivity contribution in [2.75, 3.05) is 5.33 Å². The van der Waals surface area contributed by atoms with Crippen molar-refractivity contribution in [3.8, 4) is 0 Å². The van der Waals surface area contributed by atoms with Gasteiger partial charge in [-0.25, -0.2) is 0 Å². The molecule has 78 valence electrons. The van der Waals surface area contributed by atoms with Crippen molar-refractivity contribution < 1.29 is 0 Å². The Kier molecular flexibility index (Phi) is 4.89. The fraction of sp³-hybridized carbons (Fsp3) is 0.500. The molecule has 1 rings (SSSR count). The van der Waals surface area contributed by atoms with Crippen LogP contribution in [0.2, 0.25) is 0 Å². The molecule has 0 aliphatic rings. The molecular weight excluding hydrogens is 310 g/mol. The number of nitrogens with zero attached hydrogens (tertiary/aromatic N) is 1. The fourth-order valence-electron chi connectivity index (χ4n) is 1.22. The lowest BCUT2D eigenvalue weighted by molar-refractivity contribution is 0.468. The quantitative estimate of drug-likeness (QED) is 0.781. The Labute approximate surface area is 101 Å². The van der Waals surface area contributed by atoms with Crippen LogP contribution in [0.1, 0.15) is 13.3 Å². The SMILES string of the molecule is CCC(CBr)Cn1cccc(Br)c1=O. The van der Waals surface area contributed by atoms with Crippen LogP contribution in [0, 0.1) is 5.92 Å². The Morgan fingerprint density at radius 3 is 2.86 bits per heavy atom. The molecule has 1 unspecified atom stereocenters. The number of hydrogen-bond donors (Lipinski definition) is 0. The smallest absolute Gasteiger partial charge is 0.264 e. The van der Waals surface area contributed by atoms with Gasteiger partial charge in [0.1, 0.15) is 0 Å². The topological polar surface area (TPSA) is 22.0 Å². The minimum absolute atomic E-state index is 0.0481. The normalized spacial score (nSPS) is 12.8. The molecule has 0 spiro atoms. The second-order valence-corrected chi connectivity index (χ2v) is 4.74. The van der Waals surface area contributed by atoms with E-state index in [-0.39, 0.29) is 5.56 Å². The molecule has 0 saturated carbocycles. The molecule has 1 aromatic heterocycles. The fourth-order valence-corrected chi connectivity index (χ4v) is 2.26. The van der Waals surface area contributed by atoms with E-state index in [0.29, 0.717) is 10.4 Å². The van der Waals surface area contributed by atoms with Gasteiger partial charge in [-0.3, -0.25) is 4.79 Å². The number of halogens is 2. The lowest BCUT2D eigenvalue weighted by atomic mass is 10.1. The summed E-state index contributed by atoms with van der Waals surface area (Å²) >= 11 is 6.68. The molecule has 0 aliphatic carbocycles. The summed E-state index contributed by atoms with van der Waals surface area (Å²) in [4.78, 5) is 11.6. The summed E-state index contributed by atoms with van der Waals surface area (Å²) in [6.07, 6.45) is 2.91. The number of aromatic nitrogens is 1. The summed E-state index contributed by atoms with van der Waals surface area (Å²) in [5.74, 6) is 0.516. The summed E-state index contributed by atoms with van der Waals surface area (Å²) in [6, 6.07) is 3.65. The van der Waals surface area contributed by atoms with E-state index < -0.39 is 0 Å². The van der Waals surface area contributed by atoms with E-state index in [2.05, 4.69) is 38.8 Å². The summed E-state index contributed by atoms with van der Waals surface area (Å²) in [7, 11) is 0. The predicted octanol–water partition coefficient (Wildman–Crippen LogP) is 3.03. The molecule has 1 atom stereocenters. The van der Waals surface area contributed by atoms with E-state index >= 15 is 0 Å². The van der Waals surface area contributed by atoms with Crippen LogP contribution in [0.25, 0.3) is 0 Å². The molecule has 14 heavy (non-hydrogen) atoms. The second kappa shape index (κ2) is 5.71. The maximum atomic E-state index is 11.6. The van der Waals surface area contributed by atoms with Gasteiger partial charge >= 0.3 is 0 Å². The first kappa shape index (κ1) is 12.0. The molecule has 0 aromatic carbocycles. The number of rotatable bonds is 4. The van der Waals surface area contributed by atoms with Gasteiger partial charge in [0, 0.05) is 18.1 Å². The van der Waals surface area contributed by atoms with E-state index in [0.717, 1.165) is 18.3 Å². The highest BCUT2D eigenvalue weighted by atomic mass is 79.9. The van der Waals surface area contributed by atoms with Crippen LogP contribution in [0.3, 0.4) is 0 Å². The van der Waals surface area contributed by atoms with Crippen LogP contribution < -0.4 is 5.56 Å². The first-order chi connectivity index (χ1) is 6.69. The third kappa shape index (κ3) is 2.95. The van der Waals surface area contributed by atoms with E-state index in [1.54, 1.807) is 10.6 Å². The summed E-state index contributed by atoms with van der Waals surface area (Å²) in [5.41, 5.74) is 0.0481. The van der Waals surface area contributed by atoms with Gasteiger partial charge in [-0.15, -0.1) is 0 Å². The standard InChI is InChI=1S/C10H13Br2NO/c1-2-8(6-11)7-13-5-3-4-9(12)10(13)14/h3-5,8H,2,6-7H2,1H3. The number of pyridine rings is 1. The Morgan fingerprint density at radius 2 is 2.29 bits per heavy atom. The minimum atomic E-state index is 0.0481. The molecule has 4 heteroatoms. The average Bonchev–Trinajstić information content (AvgIpc) is 2.20. The maximum absolute atomic E-state index is 11.6. The van der Waals surface area contributed by atoms with Gasteiger partial charge in [0.25, 0.3) is 5.56 Å². The third-order valence-corrected chi connectivity index (χ3v) is 3.74. The highest BCUT2D eigenvalue weighted by Gasteiger charge is 2.07. The van der Waals surface area contributed by atoms with E-state index in [9.17, 15) is 4.79 Å². The highest BCUT2D eigenvalue weighted by molar-refractivity contribution is 9.10. The molecule has 0 N–H and O–H groups in total. The van der Waals surface area contributed by atoms with E-state index in [1.807, 2.05) is 12.3 Å². The summed E-state index contributed by atoms with van der Waals surface area (Å²) in [6.45, 7) is 2.91. The van der Waals surface area contributed by atoms with Gasteiger partial charge in [-0.05, 0) is 34.0 Å². The largest absolute Gasteiger partial charge is 0.314 e. The van der Waals surface area contributed by atoms with Crippen LogP contribution in [-0.4, -0.2) is 9.90 Å². The Balaban J connectivity index is 2.86. The molecule has 1 heterocycles. The first-order valence-corrected chi connectivity index (χ1v) is 6.51. The Hall–Kier alpha value is -0.0900. The van der Waals surface area contributed by atoms with E-state index in [4.69, 9.17) is 0 Å². The monoisotopic (exact) mass is 321 g/mol. The molecule has 2 nitrogen and oxygen atoms in total. The minimum Gasteiger partial charge on any atom is -0.314 e. The zero-order chi connectivity index (χ0) is 10.6. The van der Waals surface area contributed by atoms with Crippen molar-refractivity contribution in [2.45, 2.75) is 19.9 Å². The molecule has 1 aromatic rings. The molecule has 0 amide bonds. The van der Waals surface area contributed by atoms with Gasteiger partial charge in [-0.1, -0.05) is 29.3 Å². The van der Waals surface area contributed by atoms with Crippen LogP contribution in [-0.2, 0) is 6.54 Å². The van der Waals surface area contributed by atoms with Crippen LogP contribution in [0.4, 0.5) is 0 Å². The van der Waals surface area contributed by atoms with Gasteiger partial charge in [0.05, 0.1) is 4.47 Å². The van der Waals surface area contributed by atoms with Gasteiger partial charge in [0.2, 0.25) is 0 Å². The van der Waals surface area contributed by atoms with Crippen molar-refractivity contribution in [1.82, 2.24) is 4.57 Å². The van der Waals surface area contributed by atoms with Crippen molar-refractivity contribution in [3.63, 3.8) is 0 Å². The molecule has 0 fully saturated rings. The molecule has 0 saturated heterocycles. The first-order valence-electron chi connectivity index (χ1n) is 4.60. The maximum Gasteiger partial charge on any atom is 0.264 e. The lowest BCUT2D eigenvalue weighted by Gasteiger charge is -2.13. The van der Waals surface area contributed by atoms with Crippen molar-refractivity contribution in [2.24, 2.45) is 5.92 Å². The van der Waals surface area contributed by atoms with Crippen LogP contribution >= 0.6 is 31.9 Å². The molecular formula is C10H13Br2NO. The second-order valence-electron chi connectivity index (χ2n) is 3.24. The number of alkyl halides is 1. The van der Waals surface area contributed by atoms with Crippen LogP contribution in [0.5, 0.6) is 0 Å². The van der Waals surface area contributed by atoms with Crippen molar-refractivity contribution >= 4 is 31.9 Å². The zero-order valence-corrected chi connectivity index (χ0v) is 11.2. The molecule has 0 aliphatic heterocycles. The number of hydrogen-bond acceptors (Lipinski definition) is 1. The third-order valence-electron chi connectivity index (χ3n) is 2.22. The van der Waals surface area contributed by atoms with Gasteiger partial charge < -0.3 is 4.57 Å². The van der Waals surface area contributed by atoms with Gasteiger partial charge in [-0.2, -0.15) is 0 Å². The lowest BCUT2D eigenvalue weighted by Crippen LogP contribution is -2.24. The van der Waals surface area contributed by atoms with Crippen molar-refractivity contribution in [1.29, 1.82) is 0 Å².